The zero-order chi connectivity index (χ0) is 23.4. The number of aromatic nitrogens is 1. The summed E-state index contributed by atoms with van der Waals surface area (Å²) >= 11 is 0. The molecule has 0 aliphatic carbocycles. The monoisotopic (exact) mass is 473 g/mol. The van der Waals surface area contributed by atoms with Gasteiger partial charge in [-0.2, -0.15) is 0 Å². The number of amides is 1. The van der Waals surface area contributed by atoms with Gasteiger partial charge in [-0.05, 0) is 44.4 Å². The molecule has 4 rings (SSSR count). The number of hydrogen-bond acceptors (Lipinski definition) is 7. The Balaban J connectivity index is 1.68. The lowest BCUT2D eigenvalue weighted by Crippen LogP contribution is -2.46. The van der Waals surface area contributed by atoms with Gasteiger partial charge in [0, 0.05) is 44.8 Å². The van der Waals surface area contributed by atoms with E-state index in [1.54, 1.807) is 18.2 Å². The number of sulfonamides is 1. The van der Waals surface area contributed by atoms with E-state index in [4.69, 9.17) is 4.74 Å². The lowest BCUT2D eigenvalue weighted by Gasteiger charge is -2.35. The van der Waals surface area contributed by atoms with Crippen LogP contribution in [0.3, 0.4) is 0 Å². The highest BCUT2D eigenvalue weighted by Gasteiger charge is 2.29. The maximum atomic E-state index is 13.6. The Morgan fingerprint density at radius 2 is 1.97 bits per heavy atom. The Kier molecular flexibility index (Phi) is 7.04. The molecule has 1 amide bonds. The molecule has 10 heteroatoms. The second-order valence-corrected chi connectivity index (χ2v) is 10.1. The average Bonchev–Trinajstić information content (AvgIpc) is 2.84. The highest BCUT2D eigenvalue weighted by Crippen LogP contribution is 2.28. The van der Waals surface area contributed by atoms with Gasteiger partial charge >= 0.3 is 0 Å². The number of nitrogens with one attached hydrogen (secondary N) is 2. The van der Waals surface area contributed by atoms with Gasteiger partial charge in [0.25, 0.3) is 15.9 Å². The first-order valence-electron chi connectivity index (χ1n) is 11.3. The molecule has 2 fully saturated rings. The Bertz CT molecular complexity index is 1100. The van der Waals surface area contributed by atoms with E-state index in [-0.39, 0.29) is 22.5 Å². The number of methoxy groups -OCH3 is 1. The molecule has 3 heterocycles. The van der Waals surface area contributed by atoms with Gasteiger partial charge in [-0.25, -0.2) is 13.4 Å². The summed E-state index contributed by atoms with van der Waals surface area (Å²) in [5, 5.41) is 3.31. The minimum Gasteiger partial charge on any atom is -0.497 e. The van der Waals surface area contributed by atoms with Gasteiger partial charge in [0.05, 0.1) is 29.5 Å². The number of piperidine rings is 1. The number of piperazine rings is 1. The van der Waals surface area contributed by atoms with Crippen molar-refractivity contribution in [2.45, 2.75) is 37.1 Å². The number of hydrogen-bond donors (Lipinski definition) is 2. The van der Waals surface area contributed by atoms with Crippen LogP contribution in [0.5, 0.6) is 5.75 Å². The van der Waals surface area contributed by atoms with E-state index in [9.17, 15) is 13.2 Å². The van der Waals surface area contributed by atoms with Crippen molar-refractivity contribution in [1.29, 1.82) is 0 Å². The van der Waals surface area contributed by atoms with E-state index in [0.717, 1.165) is 45.4 Å². The van der Waals surface area contributed by atoms with Crippen molar-refractivity contribution in [2.75, 3.05) is 49.5 Å². The predicted molar refractivity (Wildman–Crippen MR) is 127 cm³/mol. The van der Waals surface area contributed by atoms with E-state index in [1.807, 2.05) is 4.90 Å². The SMILES string of the molecule is COc1cccc(S(=O)(=O)Nc2cnc(N3CCNCC3)c(C(=O)N3CCCC[C@H]3C)c2)c1. The number of carbonyl (C=O) groups excluding carboxylic acids is 1. The normalized spacial score (nSPS) is 19.3. The topological polar surface area (TPSA) is 104 Å². The van der Waals surface area contributed by atoms with Gasteiger partial charge in [0.2, 0.25) is 0 Å². The molecule has 2 aliphatic rings. The van der Waals surface area contributed by atoms with Gasteiger partial charge in [-0.3, -0.25) is 9.52 Å². The molecule has 178 valence electrons. The number of pyridine rings is 1. The van der Waals surface area contributed by atoms with Crippen LogP contribution in [0, 0.1) is 0 Å². The minimum absolute atomic E-state index is 0.0746. The summed E-state index contributed by atoms with van der Waals surface area (Å²) in [6, 6.07) is 8.00. The smallest absolute Gasteiger partial charge is 0.262 e. The van der Waals surface area contributed by atoms with Gasteiger partial charge in [0.1, 0.15) is 11.6 Å². The standard InChI is InChI=1S/C23H31N5O4S/c1-17-6-3-4-11-28(17)23(29)21-14-18(16-25-22(21)27-12-9-24-10-13-27)26-33(30,31)20-8-5-7-19(15-20)32-2/h5,7-8,14-17,24,26H,3-4,6,9-13H2,1-2H3/t17-/m1/s1. The molecule has 9 nitrogen and oxygen atoms in total. The molecule has 1 aromatic carbocycles. The molecule has 33 heavy (non-hydrogen) atoms. The highest BCUT2D eigenvalue weighted by molar-refractivity contribution is 7.92. The fourth-order valence-electron chi connectivity index (χ4n) is 4.34. The van der Waals surface area contributed by atoms with Crippen LogP contribution in [0.15, 0.2) is 41.4 Å². The molecule has 2 aliphatic heterocycles. The third-order valence-electron chi connectivity index (χ3n) is 6.18. The molecule has 0 saturated carbocycles. The van der Waals surface area contributed by atoms with Crippen molar-refractivity contribution >= 4 is 27.4 Å². The molecule has 1 aromatic heterocycles. The fourth-order valence-corrected chi connectivity index (χ4v) is 5.41. The summed E-state index contributed by atoms with van der Waals surface area (Å²) < 4.78 is 33.7. The number of ether oxygens (including phenoxy) is 1. The molecule has 2 aromatic rings. The molecule has 0 bridgehead atoms. The van der Waals surface area contributed by atoms with Crippen LogP contribution in [-0.2, 0) is 10.0 Å². The maximum absolute atomic E-state index is 13.6. The van der Waals surface area contributed by atoms with Crippen molar-refractivity contribution in [2.24, 2.45) is 0 Å². The third kappa shape index (κ3) is 5.22. The lowest BCUT2D eigenvalue weighted by molar-refractivity contribution is 0.0636. The summed E-state index contributed by atoms with van der Waals surface area (Å²) in [5.74, 6) is 0.939. The Labute approximate surface area is 195 Å². The lowest BCUT2D eigenvalue weighted by atomic mass is 10.0. The van der Waals surface area contributed by atoms with Gasteiger partial charge < -0.3 is 19.9 Å². The number of likely N-dealkylation sites (tertiary alicyclic amines) is 1. The number of carbonyl (C=O) groups is 1. The number of anilines is 2. The van der Waals surface area contributed by atoms with E-state index in [0.29, 0.717) is 23.7 Å². The summed E-state index contributed by atoms with van der Waals surface area (Å²) in [7, 11) is -2.40. The van der Waals surface area contributed by atoms with Crippen LogP contribution < -0.4 is 19.7 Å². The Hall–Kier alpha value is -2.85. The molecule has 0 unspecified atom stereocenters. The van der Waals surface area contributed by atoms with Crippen LogP contribution >= 0.6 is 0 Å². The zero-order valence-corrected chi connectivity index (χ0v) is 19.9. The molecule has 2 saturated heterocycles. The summed E-state index contributed by atoms with van der Waals surface area (Å²) in [4.78, 5) is 22.2. The van der Waals surface area contributed by atoms with Crippen LogP contribution in [0.2, 0.25) is 0 Å². The van der Waals surface area contributed by atoms with Crippen LogP contribution in [0.1, 0.15) is 36.5 Å². The molecule has 0 radical (unpaired) electrons. The second kappa shape index (κ2) is 9.96. The van der Waals surface area contributed by atoms with Crippen LogP contribution in [-0.4, -0.2) is 70.1 Å². The van der Waals surface area contributed by atoms with E-state index in [1.165, 1.54) is 25.4 Å². The van der Waals surface area contributed by atoms with E-state index < -0.39 is 10.0 Å². The number of rotatable bonds is 6. The second-order valence-electron chi connectivity index (χ2n) is 8.46. The highest BCUT2D eigenvalue weighted by atomic mass is 32.2. The van der Waals surface area contributed by atoms with Crippen molar-refractivity contribution in [3.8, 4) is 5.75 Å². The summed E-state index contributed by atoms with van der Waals surface area (Å²) in [6.07, 6.45) is 4.51. The van der Waals surface area contributed by atoms with Crippen molar-refractivity contribution in [1.82, 2.24) is 15.2 Å². The van der Waals surface area contributed by atoms with Crippen molar-refractivity contribution in [3.05, 3.63) is 42.1 Å². The summed E-state index contributed by atoms with van der Waals surface area (Å²) in [5.41, 5.74) is 0.682. The molecule has 2 N–H and O–H groups in total. The van der Waals surface area contributed by atoms with Gasteiger partial charge in [-0.1, -0.05) is 6.07 Å². The first kappa shape index (κ1) is 23.3. The van der Waals surface area contributed by atoms with Gasteiger partial charge in [0.15, 0.2) is 0 Å². The molecular weight excluding hydrogens is 442 g/mol. The molecule has 1 atom stereocenters. The van der Waals surface area contributed by atoms with Gasteiger partial charge in [-0.15, -0.1) is 0 Å². The van der Waals surface area contributed by atoms with E-state index in [2.05, 4.69) is 26.8 Å². The van der Waals surface area contributed by atoms with Crippen LogP contribution in [0.4, 0.5) is 11.5 Å². The fraction of sp³-hybridized carbons (Fsp3) is 0.478. The van der Waals surface area contributed by atoms with Crippen molar-refractivity contribution in [3.63, 3.8) is 0 Å². The first-order chi connectivity index (χ1) is 15.9. The minimum atomic E-state index is -3.88. The third-order valence-corrected chi connectivity index (χ3v) is 7.56. The molecule has 0 spiro atoms. The average molecular weight is 474 g/mol. The Morgan fingerprint density at radius 1 is 1.18 bits per heavy atom. The Morgan fingerprint density at radius 3 is 2.70 bits per heavy atom. The summed E-state index contributed by atoms with van der Waals surface area (Å²) in [6.45, 7) is 5.83. The molecular formula is C23H31N5O4S. The van der Waals surface area contributed by atoms with Crippen molar-refractivity contribution < 1.29 is 17.9 Å². The predicted octanol–water partition coefficient (Wildman–Crippen LogP) is 2.32. The maximum Gasteiger partial charge on any atom is 0.262 e. The number of benzene rings is 1. The first-order valence-corrected chi connectivity index (χ1v) is 12.8. The largest absolute Gasteiger partial charge is 0.497 e. The van der Waals surface area contributed by atoms with Crippen LogP contribution in [0.25, 0.3) is 0 Å². The van der Waals surface area contributed by atoms with E-state index >= 15 is 0 Å². The number of nitrogens with zero attached hydrogens (tertiary/aromatic N) is 3. The quantitative estimate of drug-likeness (QED) is 0.664. The zero-order valence-electron chi connectivity index (χ0n) is 19.1.